The average Bonchev–Trinajstić information content (AvgIpc) is 3.14. The normalized spacial score (nSPS) is 20.1. The van der Waals surface area contributed by atoms with Gasteiger partial charge in [0.2, 0.25) is 0 Å². The fraction of sp³-hybridized carbons (Fsp3) is 0.481. The number of hydrogen-bond acceptors (Lipinski definition) is 5. The van der Waals surface area contributed by atoms with Crippen LogP contribution in [0.5, 0.6) is 0 Å². The van der Waals surface area contributed by atoms with Gasteiger partial charge >= 0.3 is 6.09 Å². The van der Waals surface area contributed by atoms with Crippen molar-refractivity contribution in [1.29, 1.82) is 0 Å². The zero-order valence-electron chi connectivity index (χ0n) is 21.3. The molecule has 2 N–H and O–H groups in total. The van der Waals surface area contributed by atoms with Gasteiger partial charge in [-0.25, -0.2) is 13.2 Å². The number of nitrogens with one attached hydrogen (secondary N) is 2. The lowest BCUT2D eigenvalue weighted by atomic mass is 9.86. The van der Waals surface area contributed by atoms with E-state index in [1.807, 2.05) is 45.0 Å². The first-order valence-corrected chi connectivity index (χ1v) is 14.4. The number of carbonyl (C=O) groups excluding carboxylic acids is 2. The summed E-state index contributed by atoms with van der Waals surface area (Å²) in [5, 5.41) is 6.88. The van der Waals surface area contributed by atoms with E-state index in [9.17, 15) is 18.0 Å². The number of alkyl carbamates (subject to hydrolysis) is 1. The zero-order chi connectivity index (χ0) is 26.6. The van der Waals surface area contributed by atoms with E-state index in [1.54, 1.807) is 0 Å². The summed E-state index contributed by atoms with van der Waals surface area (Å²) in [6.07, 6.45) is 5.15. The van der Waals surface area contributed by atoms with Crippen LogP contribution < -0.4 is 10.6 Å². The summed E-state index contributed by atoms with van der Waals surface area (Å²) in [6, 6.07) is 13.3. The van der Waals surface area contributed by atoms with Gasteiger partial charge in [-0.15, -0.1) is 0 Å². The van der Waals surface area contributed by atoms with Crippen molar-refractivity contribution in [3.05, 3.63) is 64.7 Å². The molecule has 196 valence electrons. The molecule has 1 aliphatic rings. The molecule has 36 heavy (non-hydrogen) atoms. The summed E-state index contributed by atoms with van der Waals surface area (Å²) in [6.45, 7) is 5.44. The van der Waals surface area contributed by atoms with E-state index in [2.05, 4.69) is 10.6 Å². The topological polar surface area (TPSA) is 102 Å². The van der Waals surface area contributed by atoms with Gasteiger partial charge < -0.3 is 15.4 Å². The second kappa shape index (κ2) is 11.2. The van der Waals surface area contributed by atoms with Crippen LogP contribution in [0.3, 0.4) is 0 Å². The van der Waals surface area contributed by atoms with Gasteiger partial charge in [0.1, 0.15) is 5.60 Å². The van der Waals surface area contributed by atoms with Crippen LogP contribution in [0.1, 0.15) is 68.8 Å². The number of amides is 2. The number of ether oxygens (including phenoxy) is 1. The van der Waals surface area contributed by atoms with Crippen molar-refractivity contribution in [1.82, 2.24) is 10.6 Å². The minimum absolute atomic E-state index is 0.156. The number of aryl methyl sites for hydroxylation is 1. The molecule has 0 unspecified atom stereocenters. The highest BCUT2D eigenvalue weighted by molar-refractivity contribution is 7.90. The standard InChI is InChI=1S/C27H35ClN2O5S/c1-26(2,3)35-25(32)30-27(17-5-7-19-9-13-21(28)14-10-19)18-6-8-23(27)29-24(31)20-11-15-22(16-12-20)36(4,33)34/h9-16,23H,5-8,17-18H2,1-4H3,(H,29,31)(H,30,32)/t23-,27-/m1/s1. The monoisotopic (exact) mass is 534 g/mol. The van der Waals surface area contributed by atoms with Crippen LogP contribution in [-0.4, -0.2) is 43.9 Å². The first-order valence-electron chi connectivity index (χ1n) is 12.1. The van der Waals surface area contributed by atoms with Crippen LogP contribution in [0.15, 0.2) is 53.4 Å². The van der Waals surface area contributed by atoms with E-state index in [0.717, 1.165) is 31.1 Å². The third-order valence-electron chi connectivity index (χ3n) is 6.38. The summed E-state index contributed by atoms with van der Waals surface area (Å²) in [4.78, 5) is 26.0. The fourth-order valence-corrected chi connectivity index (χ4v) is 5.41. The zero-order valence-corrected chi connectivity index (χ0v) is 22.8. The number of halogens is 1. The van der Waals surface area contributed by atoms with Crippen LogP contribution in [0, 0.1) is 0 Å². The quantitative estimate of drug-likeness (QED) is 0.477. The summed E-state index contributed by atoms with van der Waals surface area (Å²) in [5.41, 5.74) is 0.211. The molecule has 0 saturated heterocycles. The van der Waals surface area contributed by atoms with Gasteiger partial charge in [-0.1, -0.05) is 23.7 Å². The maximum Gasteiger partial charge on any atom is 0.408 e. The van der Waals surface area contributed by atoms with E-state index < -0.39 is 27.1 Å². The molecule has 3 rings (SSSR count). The molecule has 1 saturated carbocycles. The maximum atomic E-state index is 13.1. The second-order valence-electron chi connectivity index (χ2n) is 10.5. The summed E-state index contributed by atoms with van der Waals surface area (Å²) in [5.74, 6) is -0.310. The van der Waals surface area contributed by atoms with E-state index in [4.69, 9.17) is 16.3 Å². The molecule has 2 atom stereocenters. The summed E-state index contributed by atoms with van der Waals surface area (Å²) >= 11 is 6.00. The molecule has 9 heteroatoms. The first kappa shape index (κ1) is 28.0. The molecule has 0 aromatic heterocycles. The molecule has 2 aromatic rings. The second-order valence-corrected chi connectivity index (χ2v) is 12.9. The van der Waals surface area contributed by atoms with Gasteiger partial charge in [-0.05, 0) is 101 Å². The number of carbonyl (C=O) groups is 2. The van der Waals surface area contributed by atoms with Gasteiger partial charge in [-0.2, -0.15) is 0 Å². The lowest BCUT2D eigenvalue weighted by Gasteiger charge is -2.37. The first-order chi connectivity index (χ1) is 16.8. The molecule has 0 radical (unpaired) electrons. The Balaban J connectivity index is 1.76. The Morgan fingerprint density at radius 2 is 1.72 bits per heavy atom. The smallest absolute Gasteiger partial charge is 0.408 e. The lowest BCUT2D eigenvalue weighted by Crippen LogP contribution is -2.60. The van der Waals surface area contributed by atoms with Crippen LogP contribution in [0.4, 0.5) is 4.79 Å². The molecular formula is C27H35ClN2O5S. The number of benzene rings is 2. The fourth-order valence-electron chi connectivity index (χ4n) is 4.65. The Kier molecular flexibility index (Phi) is 8.72. The predicted octanol–water partition coefficient (Wildman–Crippen LogP) is 5.31. The molecule has 1 fully saturated rings. The van der Waals surface area contributed by atoms with Crippen LogP contribution in [0.25, 0.3) is 0 Å². The Morgan fingerprint density at radius 1 is 1.08 bits per heavy atom. The number of sulfone groups is 1. The van der Waals surface area contributed by atoms with Crippen molar-refractivity contribution in [3.8, 4) is 0 Å². The highest BCUT2D eigenvalue weighted by atomic mass is 35.5. The van der Waals surface area contributed by atoms with Gasteiger partial charge in [0.05, 0.1) is 16.5 Å². The highest BCUT2D eigenvalue weighted by Crippen LogP contribution is 2.35. The molecule has 1 aliphatic carbocycles. The van der Waals surface area contributed by atoms with E-state index in [1.165, 1.54) is 24.3 Å². The van der Waals surface area contributed by atoms with Crippen LogP contribution in [0.2, 0.25) is 5.02 Å². The van der Waals surface area contributed by atoms with E-state index in [-0.39, 0.29) is 16.8 Å². The molecule has 0 bridgehead atoms. The van der Waals surface area contributed by atoms with Gasteiger partial charge in [0.25, 0.3) is 5.91 Å². The third-order valence-corrected chi connectivity index (χ3v) is 7.76. The SMILES string of the molecule is CC(C)(C)OC(=O)N[C@]1(CCCc2ccc(Cl)cc2)CCC[C@H]1NC(=O)c1ccc(S(C)(=O)=O)cc1. The lowest BCUT2D eigenvalue weighted by molar-refractivity contribution is 0.0423. The maximum absolute atomic E-state index is 13.1. The van der Waals surface area contributed by atoms with Crippen molar-refractivity contribution in [3.63, 3.8) is 0 Å². The van der Waals surface area contributed by atoms with E-state index in [0.29, 0.717) is 29.8 Å². The molecule has 7 nitrogen and oxygen atoms in total. The van der Waals surface area contributed by atoms with E-state index >= 15 is 0 Å². The van der Waals surface area contributed by atoms with Crippen molar-refractivity contribution in [2.45, 2.75) is 81.4 Å². The Bertz CT molecular complexity index is 1170. The summed E-state index contributed by atoms with van der Waals surface area (Å²) < 4.78 is 29.0. The molecule has 0 heterocycles. The average molecular weight is 535 g/mol. The minimum atomic E-state index is -3.35. The Labute approximate surface area is 218 Å². The number of hydrogen-bond donors (Lipinski definition) is 2. The number of rotatable bonds is 8. The molecule has 0 spiro atoms. The minimum Gasteiger partial charge on any atom is -0.444 e. The van der Waals surface area contributed by atoms with Crippen LogP contribution in [-0.2, 0) is 21.0 Å². The summed E-state index contributed by atoms with van der Waals surface area (Å²) in [7, 11) is -3.35. The largest absolute Gasteiger partial charge is 0.444 e. The molecule has 2 aromatic carbocycles. The molecule has 0 aliphatic heterocycles. The molecule has 2 amide bonds. The van der Waals surface area contributed by atoms with Gasteiger partial charge in [0.15, 0.2) is 9.84 Å². The Morgan fingerprint density at radius 3 is 2.31 bits per heavy atom. The van der Waals surface area contributed by atoms with Gasteiger partial charge in [0, 0.05) is 16.8 Å². The third kappa shape index (κ3) is 7.71. The van der Waals surface area contributed by atoms with Crippen molar-refractivity contribution in [2.24, 2.45) is 0 Å². The van der Waals surface area contributed by atoms with Crippen molar-refractivity contribution >= 4 is 33.4 Å². The van der Waals surface area contributed by atoms with Crippen molar-refractivity contribution < 1.29 is 22.7 Å². The predicted molar refractivity (Wildman–Crippen MR) is 141 cm³/mol. The molecular weight excluding hydrogens is 500 g/mol. The highest BCUT2D eigenvalue weighted by Gasteiger charge is 2.45. The Hall–Kier alpha value is -2.58. The van der Waals surface area contributed by atoms with Crippen LogP contribution >= 0.6 is 11.6 Å². The van der Waals surface area contributed by atoms with Crippen molar-refractivity contribution in [2.75, 3.05) is 6.26 Å². The van der Waals surface area contributed by atoms with Gasteiger partial charge in [-0.3, -0.25) is 4.79 Å².